The molecule has 0 aromatic heterocycles. The van der Waals surface area contributed by atoms with Gasteiger partial charge in [0.15, 0.2) is 0 Å². The lowest BCUT2D eigenvalue weighted by Crippen LogP contribution is -1.97. The third kappa shape index (κ3) is 2.55. The Morgan fingerprint density at radius 2 is 1.67 bits per heavy atom. The number of nitro groups is 1. The Morgan fingerprint density at radius 3 is 1.93 bits per heavy atom. The molecule has 0 aliphatic heterocycles. The Labute approximate surface area is 93.8 Å². The molecule has 1 aromatic rings. The van der Waals surface area contributed by atoms with Gasteiger partial charge in [0.2, 0.25) is 0 Å². The van der Waals surface area contributed by atoms with Crippen molar-refractivity contribution in [3.05, 3.63) is 32.3 Å². The molecule has 0 aliphatic carbocycles. The number of non-ortho nitro benzene ring substituents is 1. The first kappa shape index (κ1) is 12.2. The maximum atomic E-state index is 12.6. The minimum absolute atomic E-state index is 0.516. The monoisotopic (exact) mass is 273 g/mol. The minimum Gasteiger partial charge on any atom is -0.258 e. The zero-order valence-electron chi connectivity index (χ0n) is 6.78. The summed E-state index contributed by atoms with van der Waals surface area (Å²) in [7, 11) is -5.09. The van der Waals surface area contributed by atoms with Gasteiger partial charge >= 0.3 is 10.2 Å². The molecular formula is C6H2Cl2FNO4S. The summed E-state index contributed by atoms with van der Waals surface area (Å²) < 4.78 is 33.7. The van der Waals surface area contributed by atoms with Crippen LogP contribution in [-0.2, 0) is 10.2 Å². The van der Waals surface area contributed by atoms with Gasteiger partial charge in [-0.25, -0.2) is 0 Å². The van der Waals surface area contributed by atoms with Crippen LogP contribution in [0, 0.1) is 10.1 Å². The topological polar surface area (TPSA) is 77.3 Å². The van der Waals surface area contributed by atoms with E-state index in [0.29, 0.717) is 12.1 Å². The molecule has 0 bridgehead atoms. The SMILES string of the molecule is O=[N+]([O-])c1cc(Cl)c(S(=O)(=O)F)c(Cl)c1. The first-order chi connectivity index (χ1) is 6.73. The van der Waals surface area contributed by atoms with E-state index in [2.05, 4.69) is 0 Å². The van der Waals surface area contributed by atoms with E-state index in [9.17, 15) is 22.4 Å². The van der Waals surface area contributed by atoms with Crippen molar-refractivity contribution in [1.82, 2.24) is 0 Å². The van der Waals surface area contributed by atoms with E-state index in [-0.39, 0.29) is 0 Å². The molecule has 5 nitrogen and oxygen atoms in total. The summed E-state index contributed by atoms with van der Waals surface area (Å²) in [5, 5.41) is 9.06. The average molecular weight is 274 g/mol. The molecule has 0 N–H and O–H groups in total. The molecule has 0 atom stereocenters. The van der Waals surface area contributed by atoms with Crippen molar-refractivity contribution < 1.29 is 17.2 Å². The summed E-state index contributed by atoms with van der Waals surface area (Å²) in [6.07, 6.45) is 0. The van der Waals surface area contributed by atoms with Crippen LogP contribution in [-0.4, -0.2) is 13.3 Å². The van der Waals surface area contributed by atoms with Crippen LogP contribution in [0.1, 0.15) is 0 Å². The lowest BCUT2D eigenvalue weighted by Gasteiger charge is -2.01. The molecule has 0 saturated carbocycles. The molecule has 15 heavy (non-hydrogen) atoms. The quantitative estimate of drug-likeness (QED) is 0.471. The van der Waals surface area contributed by atoms with Gasteiger partial charge in [0.25, 0.3) is 5.69 Å². The smallest absolute Gasteiger partial charge is 0.258 e. The third-order valence-corrected chi connectivity index (χ3v) is 3.19. The van der Waals surface area contributed by atoms with Crippen LogP contribution in [0.5, 0.6) is 0 Å². The second-order valence-corrected chi connectivity index (χ2v) is 4.53. The van der Waals surface area contributed by atoms with Crippen molar-refractivity contribution in [3.8, 4) is 0 Å². The van der Waals surface area contributed by atoms with Crippen molar-refractivity contribution >= 4 is 39.1 Å². The molecule has 9 heteroatoms. The Balaban J connectivity index is 3.55. The van der Waals surface area contributed by atoms with Crippen LogP contribution in [0.4, 0.5) is 9.57 Å². The van der Waals surface area contributed by atoms with Crippen LogP contribution in [0.15, 0.2) is 17.0 Å². The normalized spacial score (nSPS) is 11.4. The van der Waals surface area contributed by atoms with Crippen LogP contribution in [0.2, 0.25) is 10.0 Å². The van der Waals surface area contributed by atoms with Crippen LogP contribution >= 0.6 is 23.2 Å². The second kappa shape index (κ2) is 3.92. The molecule has 0 fully saturated rings. The van der Waals surface area contributed by atoms with Crippen LogP contribution < -0.4 is 0 Å². The first-order valence-corrected chi connectivity index (χ1v) is 5.45. The van der Waals surface area contributed by atoms with Gasteiger partial charge in [-0.05, 0) is 0 Å². The van der Waals surface area contributed by atoms with Gasteiger partial charge in [0.05, 0.1) is 15.0 Å². The summed E-state index contributed by atoms with van der Waals surface area (Å²) in [6, 6.07) is 1.42. The van der Waals surface area contributed by atoms with Gasteiger partial charge in [-0.1, -0.05) is 23.2 Å². The van der Waals surface area contributed by atoms with Crippen molar-refractivity contribution in [3.63, 3.8) is 0 Å². The highest BCUT2D eigenvalue weighted by Gasteiger charge is 2.24. The Kier molecular flexibility index (Phi) is 3.17. The zero-order valence-corrected chi connectivity index (χ0v) is 9.11. The molecule has 1 rings (SSSR count). The largest absolute Gasteiger partial charge is 0.335 e. The van der Waals surface area contributed by atoms with E-state index >= 15 is 0 Å². The standard InChI is InChI=1S/C6H2Cl2FNO4S/c7-4-1-3(10(11)12)2-5(8)6(4)15(9,13)14/h1-2H. The highest BCUT2D eigenvalue weighted by molar-refractivity contribution is 7.86. The van der Waals surface area contributed by atoms with E-state index in [4.69, 9.17) is 23.2 Å². The van der Waals surface area contributed by atoms with E-state index in [0.717, 1.165) is 0 Å². The lowest BCUT2D eigenvalue weighted by molar-refractivity contribution is -0.384. The summed E-state index contributed by atoms with van der Waals surface area (Å²) in [6.45, 7) is 0. The van der Waals surface area contributed by atoms with Gasteiger partial charge in [-0.3, -0.25) is 10.1 Å². The summed E-state index contributed by atoms with van der Waals surface area (Å²) in [4.78, 5) is 8.52. The zero-order chi connectivity index (χ0) is 11.8. The molecule has 1 aromatic carbocycles. The molecule has 0 amide bonds. The molecule has 0 spiro atoms. The van der Waals surface area contributed by atoms with Crippen LogP contribution in [0.25, 0.3) is 0 Å². The number of hydrogen-bond acceptors (Lipinski definition) is 4. The maximum Gasteiger partial charge on any atom is 0.335 e. The highest BCUT2D eigenvalue weighted by atomic mass is 35.5. The fourth-order valence-electron chi connectivity index (χ4n) is 0.885. The molecule has 0 radical (unpaired) electrons. The number of benzene rings is 1. The van der Waals surface area contributed by atoms with Crippen molar-refractivity contribution in [2.24, 2.45) is 0 Å². The number of halogens is 3. The Hall–Kier alpha value is -0.920. The molecule has 0 aliphatic rings. The van der Waals surface area contributed by atoms with E-state index in [1.54, 1.807) is 0 Å². The second-order valence-electron chi connectivity index (χ2n) is 2.43. The van der Waals surface area contributed by atoms with Crippen LogP contribution in [0.3, 0.4) is 0 Å². The predicted molar refractivity (Wildman–Crippen MR) is 51.4 cm³/mol. The molecule has 0 heterocycles. The summed E-state index contributed by atoms with van der Waals surface area (Å²) in [5.74, 6) is 0. The fraction of sp³-hybridized carbons (Fsp3) is 0. The van der Waals surface area contributed by atoms with E-state index < -0.39 is 35.8 Å². The van der Waals surface area contributed by atoms with Gasteiger partial charge < -0.3 is 0 Å². The van der Waals surface area contributed by atoms with Crippen molar-refractivity contribution in [2.45, 2.75) is 4.90 Å². The number of hydrogen-bond donors (Lipinski definition) is 0. The summed E-state index contributed by atoms with van der Waals surface area (Å²) >= 11 is 10.7. The van der Waals surface area contributed by atoms with Gasteiger partial charge in [-0.15, -0.1) is 3.89 Å². The molecule has 0 unspecified atom stereocenters. The maximum absolute atomic E-state index is 12.6. The fourth-order valence-corrected chi connectivity index (χ4v) is 2.50. The van der Waals surface area contributed by atoms with Gasteiger partial charge in [0, 0.05) is 12.1 Å². The Bertz CT molecular complexity index is 507. The number of rotatable bonds is 2. The van der Waals surface area contributed by atoms with Crippen molar-refractivity contribution in [1.29, 1.82) is 0 Å². The molecule has 82 valence electrons. The summed E-state index contributed by atoms with van der Waals surface area (Å²) in [5.41, 5.74) is -0.516. The number of nitro benzene ring substituents is 1. The van der Waals surface area contributed by atoms with Crippen molar-refractivity contribution in [2.75, 3.05) is 0 Å². The predicted octanol–water partition coefficient (Wildman–Crippen LogP) is 2.56. The first-order valence-electron chi connectivity index (χ1n) is 3.31. The molecule has 0 saturated heterocycles. The minimum atomic E-state index is -5.09. The average Bonchev–Trinajstić information content (AvgIpc) is 1.99. The van der Waals surface area contributed by atoms with E-state index in [1.165, 1.54) is 0 Å². The van der Waals surface area contributed by atoms with Gasteiger partial charge in [0.1, 0.15) is 4.90 Å². The highest BCUT2D eigenvalue weighted by Crippen LogP contribution is 2.34. The number of nitrogens with zero attached hydrogens (tertiary/aromatic N) is 1. The van der Waals surface area contributed by atoms with E-state index in [1.807, 2.05) is 0 Å². The third-order valence-electron chi connectivity index (χ3n) is 1.44. The Morgan fingerprint density at radius 1 is 1.27 bits per heavy atom. The molecular weight excluding hydrogens is 272 g/mol. The lowest BCUT2D eigenvalue weighted by atomic mass is 10.3. The van der Waals surface area contributed by atoms with Gasteiger partial charge in [-0.2, -0.15) is 8.42 Å².